The number of benzene rings is 2. The third-order valence-corrected chi connectivity index (χ3v) is 12.2. The molecule has 278 valence electrons. The SMILES string of the molecule is CCC1(CC)C(=CC=C2CCCC(C=CC3=[N+](C)c4cc(OC)c(OC)cc4C3(CC)CC)=C2Br)N(C)c2cc(C)c(OC)cc21.CS(=O)(=O)[O-]. The summed E-state index contributed by atoms with van der Waals surface area (Å²) in [6.45, 7) is 11.4. The van der Waals surface area contributed by atoms with Gasteiger partial charge in [-0.25, -0.2) is 8.42 Å². The average molecular weight is 784 g/mol. The van der Waals surface area contributed by atoms with E-state index < -0.39 is 10.1 Å². The number of ether oxygens (including phenoxy) is 3. The summed E-state index contributed by atoms with van der Waals surface area (Å²) in [5.41, 5.74) is 11.6. The molecule has 0 amide bonds. The number of fused-ring (bicyclic) bond motifs is 2. The van der Waals surface area contributed by atoms with E-state index >= 15 is 0 Å². The summed E-state index contributed by atoms with van der Waals surface area (Å²) >= 11 is 4.06. The molecule has 5 rings (SSSR count). The van der Waals surface area contributed by atoms with Crippen LogP contribution in [0.3, 0.4) is 0 Å². The van der Waals surface area contributed by atoms with Crippen LogP contribution in [0.15, 0.2) is 69.9 Å². The maximum Gasteiger partial charge on any atom is 0.213 e. The molecule has 0 atom stereocenters. The van der Waals surface area contributed by atoms with Crippen LogP contribution >= 0.6 is 15.9 Å². The van der Waals surface area contributed by atoms with E-state index in [1.165, 1.54) is 55.1 Å². The summed E-state index contributed by atoms with van der Waals surface area (Å²) in [7, 11) is 5.67. The summed E-state index contributed by atoms with van der Waals surface area (Å²) in [5, 5.41) is 0. The third kappa shape index (κ3) is 7.60. The molecular weight excluding hydrogens is 728 g/mol. The number of rotatable bonds is 10. The summed E-state index contributed by atoms with van der Waals surface area (Å²) in [4.78, 5) is 2.40. The zero-order chi connectivity index (χ0) is 37.9. The Kier molecular flexibility index (Phi) is 12.8. The Hall–Kier alpha value is -3.34. The number of hydrogen-bond donors (Lipinski definition) is 0. The Morgan fingerprint density at radius 3 is 1.96 bits per heavy atom. The molecule has 2 aromatic rings. The van der Waals surface area contributed by atoms with Gasteiger partial charge in [-0.05, 0) is 98.4 Å². The van der Waals surface area contributed by atoms with Crippen molar-refractivity contribution >= 4 is 43.1 Å². The molecule has 10 heteroatoms. The number of aryl methyl sites for hydroxylation is 1. The van der Waals surface area contributed by atoms with Crippen LogP contribution in [0, 0.1) is 6.92 Å². The summed E-state index contributed by atoms with van der Waals surface area (Å²) < 4.78 is 47.9. The van der Waals surface area contributed by atoms with Crippen molar-refractivity contribution in [1.82, 2.24) is 0 Å². The minimum absolute atomic E-state index is 0.0383. The molecule has 1 aliphatic carbocycles. The van der Waals surface area contributed by atoms with Crippen LogP contribution in [-0.4, -0.2) is 64.9 Å². The van der Waals surface area contributed by atoms with Crippen LogP contribution in [0.25, 0.3) is 0 Å². The lowest BCUT2D eigenvalue weighted by Gasteiger charge is -2.31. The quantitative estimate of drug-likeness (QED) is 0.175. The fourth-order valence-electron chi connectivity index (χ4n) is 8.36. The first-order chi connectivity index (χ1) is 24.1. The van der Waals surface area contributed by atoms with Crippen molar-refractivity contribution in [2.75, 3.05) is 46.6 Å². The standard InChI is InChI=1S/C40H52BrN2O3.CH4O3S/c1-11-39(12-2)29-23-33(44-8)26(5)22-31(29)42(6)36(39)20-18-27-16-15-17-28(38(27)41)19-21-37-40(13-3,14-4)30-24-34(45-9)35(46-10)25-32(30)43(37)7;1-5(2,3)4/h18-25H,11-17H2,1-10H3;1H3,(H,2,3,4)/q+1;/p-1. The van der Waals surface area contributed by atoms with Gasteiger partial charge in [0.2, 0.25) is 5.69 Å². The topological polar surface area (TPSA) is 91.1 Å². The van der Waals surface area contributed by atoms with E-state index in [1.54, 1.807) is 21.3 Å². The molecule has 2 aliphatic heterocycles. The molecule has 0 spiro atoms. The normalized spacial score (nSPS) is 19.4. The monoisotopic (exact) mass is 782 g/mol. The maximum atomic E-state index is 9.08. The van der Waals surface area contributed by atoms with E-state index in [1.807, 2.05) is 0 Å². The number of nitrogens with zero attached hydrogens (tertiary/aromatic N) is 2. The van der Waals surface area contributed by atoms with Crippen molar-refractivity contribution < 1.29 is 31.8 Å². The molecule has 0 unspecified atom stereocenters. The minimum Gasteiger partial charge on any atom is -0.748 e. The Bertz CT molecular complexity index is 1910. The first-order valence-electron chi connectivity index (χ1n) is 17.8. The number of allylic oxidation sites excluding steroid dienone is 8. The van der Waals surface area contributed by atoms with E-state index in [4.69, 9.17) is 27.2 Å². The lowest BCUT2D eigenvalue weighted by atomic mass is 9.73. The highest BCUT2D eigenvalue weighted by molar-refractivity contribution is 9.12. The number of hydrogen-bond acceptors (Lipinski definition) is 7. The fourth-order valence-corrected chi connectivity index (χ4v) is 9.02. The van der Waals surface area contributed by atoms with Crippen molar-refractivity contribution in [1.29, 1.82) is 0 Å². The first-order valence-corrected chi connectivity index (χ1v) is 20.4. The second-order valence-electron chi connectivity index (χ2n) is 13.6. The van der Waals surface area contributed by atoms with Gasteiger partial charge >= 0.3 is 0 Å². The van der Waals surface area contributed by atoms with Gasteiger partial charge in [-0.3, -0.25) is 0 Å². The second-order valence-corrected chi connectivity index (χ2v) is 15.8. The average Bonchev–Trinajstić information content (AvgIpc) is 3.48. The van der Waals surface area contributed by atoms with Gasteiger partial charge in [0.15, 0.2) is 17.2 Å². The molecule has 3 aliphatic rings. The van der Waals surface area contributed by atoms with Crippen LogP contribution in [-0.2, 0) is 20.9 Å². The van der Waals surface area contributed by atoms with Crippen molar-refractivity contribution in [3.8, 4) is 17.2 Å². The van der Waals surface area contributed by atoms with Crippen molar-refractivity contribution in [3.05, 3.63) is 86.6 Å². The van der Waals surface area contributed by atoms with Crippen LogP contribution in [0.2, 0.25) is 0 Å². The number of methoxy groups -OCH3 is 3. The van der Waals surface area contributed by atoms with Gasteiger partial charge < -0.3 is 23.7 Å². The van der Waals surface area contributed by atoms with Gasteiger partial charge in [0.25, 0.3) is 0 Å². The predicted octanol–water partition coefficient (Wildman–Crippen LogP) is 9.38. The molecule has 0 radical (unpaired) electrons. The predicted molar refractivity (Wildman–Crippen MR) is 212 cm³/mol. The van der Waals surface area contributed by atoms with E-state index in [0.717, 1.165) is 62.2 Å². The zero-order valence-corrected chi connectivity index (χ0v) is 34.6. The summed E-state index contributed by atoms with van der Waals surface area (Å²) in [5.74, 6) is 2.52. The Morgan fingerprint density at radius 2 is 1.41 bits per heavy atom. The lowest BCUT2D eigenvalue weighted by Crippen LogP contribution is -2.32. The second kappa shape index (κ2) is 16.1. The maximum absolute atomic E-state index is 9.08. The number of halogens is 1. The molecule has 0 saturated heterocycles. The first kappa shape index (κ1) is 40.4. The highest BCUT2D eigenvalue weighted by atomic mass is 79.9. The third-order valence-electron chi connectivity index (χ3n) is 11.2. The zero-order valence-electron chi connectivity index (χ0n) is 32.2. The van der Waals surface area contributed by atoms with Gasteiger partial charge in [0.1, 0.15) is 12.8 Å². The van der Waals surface area contributed by atoms with Crippen LogP contribution in [0.1, 0.15) is 89.3 Å². The Balaban J connectivity index is 0.00000109. The van der Waals surface area contributed by atoms with Crippen molar-refractivity contribution in [2.45, 2.75) is 90.4 Å². The molecule has 0 aromatic heterocycles. The summed E-state index contributed by atoms with van der Waals surface area (Å²) in [6.07, 6.45) is 17.4. The van der Waals surface area contributed by atoms with Crippen molar-refractivity contribution in [3.63, 3.8) is 0 Å². The van der Waals surface area contributed by atoms with Gasteiger partial charge in [-0.15, -0.1) is 0 Å². The van der Waals surface area contributed by atoms with Crippen LogP contribution in [0.4, 0.5) is 11.4 Å². The highest BCUT2D eigenvalue weighted by Gasteiger charge is 2.49. The molecular formula is C41H55BrN2O6S. The van der Waals surface area contributed by atoms with Gasteiger partial charge in [0, 0.05) is 46.2 Å². The van der Waals surface area contributed by atoms with Gasteiger partial charge in [-0.2, -0.15) is 4.58 Å². The Morgan fingerprint density at radius 1 is 0.863 bits per heavy atom. The van der Waals surface area contributed by atoms with Crippen LogP contribution < -0.4 is 19.1 Å². The smallest absolute Gasteiger partial charge is 0.213 e. The van der Waals surface area contributed by atoms with Crippen molar-refractivity contribution in [2.24, 2.45) is 0 Å². The molecule has 0 bridgehead atoms. The number of likely N-dealkylation sites (N-methyl/N-ethyl adjacent to an activating group) is 1. The van der Waals surface area contributed by atoms with E-state index in [9.17, 15) is 0 Å². The molecule has 8 nitrogen and oxygen atoms in total. The van der Waals surface area contributed by atoms with E-state index in [-0.39, 0.29) is 10.8 Å². The van der Waals surface area contributed by atoms with Gasteiger partial charge in [-0.1, -0.05) is 55.8 Å². The Labute approximate surface area is 314 Å². The lowest BCUT2D eigenvalue weighted by molar-refractivity contribution is -0.401. The fraction of sp³-hybridized carbons (Fsp3) is 0.488. The molecule has 0 fully saturated rings. The molecule has 0 saturated carbocycles. The van der Waals surface area contributed by atoms with E-state index in [2.05, 4.69) is 123 Å². The van der Waals surface area contributed by atoms with Gasteiger partial charge in [0.05, 0.1) is 42.9 Å². The van der Waals surface area contributed by atoms with Crippen LogP contribution in [0.5, 0.6) is 17.2 Å². The largest absolute Gasteiger partial charge is 0.748 e. The highest BCUT2D eigenvalue weighted by Crippen LogP contribution is 2.53. The minimum atomic E-state index is -3.92. The summed E-state index contributed by atoms with van der Waals surface area (Å²) in [6, 6.07) is 8.87. The molecule has 0 N–H and O–H groups in total. The van der Waals surface area contributed by atoms with E-state index in [0.29, 0.717) is 6.26 Å². The molecule has 2 heterocycles. The number of anilines is 1. The molecule has 51 heavy (non-hydrogen) atoms. The molecule has 2 aromatic carbocycles.